The molecule has 1 aliphatic heterocycles. The first-order valence-corrected chi connectivity index (χ1v) is 5.87. The predicted molar refractivity (Wildman–Crippen MR) is 67.6 cm³/mol. The lowest BCUT2D eigenvalue weighted by Crippen LogP contribution is -2.27. The molecular formula is C12H12N2O6. The van der Waals surface area contributed by atoms with Gasteiger partial charge in [0.2, 0.25) is 5.91 Å². The molecule has 0 spiro atoms. The first-order valence-electron chi connectivity index (χ1n) is 5.87. The van der Waals surface area contributed by atoms with E-state index in [4.69, 9.17) is 5.11 Å². The summed E-state index contributed by atoms with van der Waals surface area (Å²) < 4.78 is 0. The zero-order valence-electron chi connectivity index (χ0n) is 10.4. The Bertz CT molecular complexity index is 585. The van der Waals surface area contributed by atoms with Crippen molar-refractivity contribution in [2.75, 3.05) is 18.1 Å². The number of carboxylic acids is 1. The second kappa shape index (κ2) is 5.25. The molecule has 1 atom stereocenters. The average molecular weight is 280 g/mol. The topological polar surface area (TPSA) is 121 Å². The summed E-state index contributed by atoms with van der Waals surface area (Å²) in [5.74, 6) is -2.11. The average Bonchev–Trinajstić information content (AvgIpc) is 2.78. The van der Waals surface area contributed by atoms with Gasteiger partial charge in [-0.3, -0.25) is 14.9 Å². The van der Waals surface area contributed by atoms with Crippen LogP contribution in [0, 0.1) is 16.0 Å². The first-order chi connectivity index (χ1) is 9.45. The number of benzene rings is 1. The van der Waals surface area contributed by atoms with Gasteiger partial charge in [0.05, 0.1) is 10.6 Å². The van der Waals surface area contributed by atoms with E-state index in [0.717, 1.165) is 6.07 Å². The molecule has 1 heterocycles. The van der Waals surface area contributed by atoms with E-state index in [-0.39, 0.29) is 37.1 Å². The molecular weight excluding hydrogens is 268 g/mol. The van der Waals surface area contributed by atoms with Crippen molar-refractivity contribution in [2.45, 2.75) is 6.42 Å². The largest absolute Gasteiger partial charge is 0.477 e. The normalized spacial score (nSPS) is 18.4. The second-order valence-electron chi connectivity index (χ2n) is 4.49. The highest BCUT2D eigenvalue weighted by Crippen LogP contribution is 2.33. The van der Waals surface area contributed by atoms with Crippen LogP contribution in [0.3, 0.4) is 0 Å². The number of aliphatic hydroxyl groups excluding tert-OH is 1. The number of nitro benzene ring substituents is 1. The van der Waals surface area contributed by atoms with Crippen LogP contribution in [-0.2, 0) is 4.79 Å². The van der Waals surface area contributed by atoms with E-state index in [2.05, 4.69) is 0 Å². The fourth-order valence-corrected chi connectivity index (χ4v) is 2.26. The van der Waals surface area contributed by atoms with E-state index in [9.17, 15) is 24.8 Å². The molecule has 0 saturated carbocycles. The number of hydrogen-bond donors (Lipinski definition) is 2. The maximum absolute atomic E-state index is 11.9. The Labute approximate surface area is 113 Å². The maximum atomic E-state index is 11.9. The zero-order valence-corrected chi connectivity index (χ0v) is 10.4. The van der Waals surface area contributed by atoms with Crippen molar-refractivity contribution >= 4 is 23.3 Å². The Kier molecular flexibility index (Phi) is 3.66. The Hall–Kier alpha value is -2.48. The number of rotatable bonds is 4. The summed E-state index contributed by atoms with van der Waals surface area (Å²) in [6.07, 6.45) is 0.0955. The van der Waals surface area contributed by atoms with Crippen LogP contribution in [0.25, 0.3) is 0 Å². The molecule has 0 aliphatic carbocycles. The summed E-state index contributed by atoms with van der Waals surface area (Å²) >= 11 is 0. The van der Waals surface area contributed by atoms with Crippen LogP contribution in [-0.4, -0.2) is 40.2 Å². The third-order valence-electron chi connectivity index (χ3n) is 3.19. The van der Waals surface area contributed by atoms with Crippen LogP contribution in [0.15, 0.2) is 18.2 Å². The van der Waals surface area contributed by atoms with Gasteiger partial charge in [-0.25, -0.2) is 4.79 Å². The second-order valence-corrected chi connectivity index (χ2v) is 4.49. The van der Waals surface area contributed by atoms with Crippen LogP contribution in [0.4, 0.5) is 11.4 Å². The van der Waals surface area contributed by atoms with E-state index in [1.54, 1.807) is 0 Å². The number of carboxylic acid groups (broad SMARTS) is 1. The SMILES string of the molecule is O=C(O)c1c(N2CC(CO)CC2=O)cccc1[N+](=O)[O-]. The third kappa shape index (κ3) is 2.32. The third-order valence-corrected chi connectivity index (χ3v) is 3.19. The van der Waals surface area contributed by atoms with Crippen molar-refractivity contribution in [1.82, 2.24) is 0 Å². The molecule has 106 valence electrons. The van der Waals surface area contributed by atoms with Gasteiger partial charge >= 0.3 is 5.97 Å². The zero-order chi connectivity index (χ0) is 14.9. The number of carbonyl (C=O) groups is 2. The summed E-state index contributed by atoms with van der Waals surface area (Å²) in [4.78, 5) is 34.4. The molecule has 0 bridgehead atoms. The summed E-state index contributed by atoms with van der Waals surface area (Å²) in [5, 5.41) is 29.1. The number of hydrogen-bond acceptors (Lipinski definition) is 5. The smallest absolute Gasteiger partial charge is 0.344 e. The lowest BCUT2D eigenvalue weighted by molar-refractivity contribution is -0.385. The molecule has 8 heteroatoms. The highest BCUT2D eigenvalue weighted by Gasteiger charge is 2.35. The number of nitro groups is 1. The van der Waals surface area contributed by atoms with Gasteiger partial charge in [-0.1, -0.05) is 6.07 Å². The van der Waals surface area contributed by atoms with Crippen molar-refractivity contribution in [3.63, 3.8) is 0 Å². The molecule has 1 amide bonds. The lowest BCUT2D eigenvalue weighted by Gasteiger charge is -2.18. The van der Waals surface area contributed by atoms with Gasteiger partial charge in [-0.05, 0) is 6.07 Å². The molecule has 1 unspecified atom stereocenters. The highest BCUT2D eigenvalue weighted by molar-refractivity contribution is 6.05. The molecule has 1 aromatic carbocycles. The van der Waals surface area contributed by atoms with Crippen LogP contribution < -0.4 is 4.90 Å². The number of aliphatic hydroxyl groups is 1. The minimum Gasteiger partial charge on any atom is -0.477 e. The number of nitrogens with zero attached hydrogens (tertiary/aromatic N) is 2. The highest BCUT2D eigenvalue weighted by atomic mass is 16.6. The van der Waals surface area contributed by atoms with Gasteiger partial charge in [0.15, 0.2) is 5.56 Å². The van der Waals surface area contributed by atoms with Crippen LogP contribution in [0.2, 0.25) is 0 Å². The molecule has 0 aromatic heterocycles. The number of amides is 1. The molecule has 20 heavy (non-hydrogen) atoms. The maximum Gasteiger partial charge on any atom is 0.344 e. The predicted octanol–water partition coefficient (Wildman–Crippen LogP) is 0.638. The van der Waals surface area contributed by atoms with Gasteiger partial charge in [0.25, 0.3) is 5.69 Å². The molecule has 1 fully saturated rings. The quantitative estimate of drug-likeness (QED) is 0.616. The summed E-state index contributed by atoms with van der Waals surface area (Å²) in [6.45, 7) is -0.0453. The molecule has 1 aromatic rings. The molecule has 2 N–H and O–H groups in total. The van der Waals surface area contributed by atoms with Crippen molar-refractivity contribution in [2.24, 2.45) is 5.92 Å². The van der Waals surface area contributed by atoms with Crippen molar-refractivity contribution in [3.8, 4) is 0 Å². The number of anilines is 1. The fraction of sp³-hybridized carbons (Fsp3) is 0.333. The molecule has 1 aliphatic rings. The van der Waals surface area contributed by atoms with E-state index >= 15 is 0 Å². The lowest BCUT2D eigenvalue weighted by atomic mass is 10.1. The molecule has 0 radical (unpaired) electrons. The molecule has 2 rings (SSSR count). The standard InChI is InChI=1S/C12H12N2O6/c15-6-7-4-10(16)13(5-7)8-2-1-3-9(14(19)20)11(8)12(17)18/h1-3,7,15H,4-6H2,(H,17,18). The summed E-state index contributed by atoms with van der Waals surface area (Å²) in [7, 11) is 0. The Balaban J connectivity index is 2.52. The Morgan fingerprint density at radius 1 is 1.50 bits per heavy atom. The summed E-state index contributed by atoms with van der Waals surface area (Å²) in [6, 6.07) is 3.77. The van der Waals surface area contributed by atoms with E-state index in [1.165, 1.54) is 17.0 Å². The number of aromatic carboxylic acids is 1. The van der Waals surface area contributed by atoms with Crippen LogP contribution in [0.5, 0.6) is 0 Å². The van der Waals surface area contributed by atoms with E-state index in [0.29, 0.717) is 0 Å². The van der Waals surface area contributed by atoms with Crippen molar-refractivity contribution in [1.29, 1.82) is 0 Å². The monoisotopic (exact) mass is 280 g/mol. The number of carbonyl (C=O) groups excluding carboxylic acids is 1. The first kappa shape index (κ1) is 13.9. The minimum atomic E-state index is -1.47. The van der Waals surface area contributed by atoms with Crippen molar-refractivity contribution in [3.05, 3.63) is 33.9 Å². The van der Waals surface area contributed by atoms with Gasteiger partial charge in [-0.2, -0.15) is 0 Å². The fourth-order valence-electron chi connectivity index (χ4n) is 2.26. The van der Waals surface area contributed by atoms with Gasteiger partial charge in [0, 0.05) is 31.6 Å². The van der Waals surface area contributed by atoms with Crippen LogP contribution in [0.1, 0.15) is 16.8 Å². The van der Waals surface area contributed by atoms with Gasteiger partial charge < -0.3 is 15.1 Å². The van der Waals surface area contributed by atoms with Gasteiger partial charge in [0.1, 0.15) is 0 Å². The van der Waals surface area contributed by atoms with Crippen LogP contribution >= 0.6 is 0 Å². The molecule has 1 saturated heterocycles. The Morgan fingerprint density at radius 3 is 2.70 bits per heavy atom. The Morgan fingerprint density at radius 2 is 2.20 bits per heavy atom. The van der Waals surface area contributed by atoms with E-state index < -0.39 is 22.1 Å². The van der Waals surface area contributed by atoms with E-state index in [1.807, 2.05) is 0 Å². The van der Waals surface area contributed by atoms with Gasteiger partial charge in [-0.15, -0.1) is 0 Å². The minimum absolute atomic E-state index is 0.00681. The summed E-state index contributed by atoms with van der Waals surface area (Å²) in [5.41, 5.74) is -1.08. The molecule has 8 nitrogen and oxygen atoms in total. The van der Waals surface area contributed by atoms with Crippen molar-refractivity contribution < 1.29 is 24.7 Å².